The Labute approximate surface area is 148 Å². The minimum Gasteiger partial charge on any atom is -0.339 e. The molecule has 0 bridgehead atoms. The standard InChI is InChI=1S/C15H19ClF3N5O/c1-5-23-8-11(6-20-23)7-22(4)14(25)10(3)24-9(2)12(16)13(21-24)15(17,18)19/h6,8,10H,5,7H2,1-4H3/t10-/m1/s1. The average molecular weight is 378 g/mol. The van der Waals surface area contributed by atoms with Gasteiger partial charge in [0.1, 0.15) is 6.04 Å². The first-order valence-corrected chi connectivity index (χ1v) is 8.02. The molecule has 25 heavy (non-hydrogen) atoms. The first-order valence-electron chi connectivity index (χ1n) is 7.64. The summed E-state index contributed by atoms with van der Waals surface area (Å²) in [5, 5.41) is 7.14. The fourth-order valence-electron chi connectivity index (χ4n) is 2.49. The number of aromatic nitrogens is 4. The molecule has 0 radical (unpaired) electrons. The Balaban J connectivity index is 2.19. The van der Waals surface area contributed by atoms with Crippen molar-refractivity contribution < 1.29 is 18.0 Å². The summed E-state index contributed by atoms with van der Waals surface area (Å²) in [6, 6.07) is -0.917. The second kappa shape index (κ2) is 7.07. The van der Waals surface area contributed by atoms with Gasteiger partial charge in [-0.1, -0.05) is 11.6 Å². The third-order valence-electron chi connectivity index (χ3n) is 3.88. The van der Waals surface area contributed by atoms with E-state index < -0.39 is 22.9 Å². The zero-order valence-electron chi connectivity index (χ0n) is 14.3. The second-order valence-electron chi connectivity index (χ2n) is 5.76. The van der Waals surface area contributed by atoms with Crippen LogP contribution in [0.2, 0.25) is 5.02 Å². The van der Waals surface area contributed by atoms with E-state index in [4.69, 9.17) is 11.6 Å². The summed E-state index contributed by atoms with van der Waals surface area (Å²) in [5.74, 6) is -0.375. The van der Waals surface area contributed by atoms with Crippen molar-refractivity contribution in [3.05, 3.63) is 34.4 Å². The Morgan fingerprint density at radius 3 is 2.56 bits per heavy atom. The van der Waals surface area contributed by atoms with Gasteiger partial charge in [0.05, 0.1) is 16.9 Å². The molecule has 138 valence electrons. The van der Waals surface area contributed by atoms with Crippen LogP contribution in [-0.2, 0) is 24.1 Å². The minimum absolute atomic E-state index is 0.0991. The quantitative estimate of drug-likeness (QED) is 0.803. The molecule has 2 aromatic heterocycles. The van der Waals surface area contributed by atoms with Gasteiger partial charge in [0.15, 0.2) is 5.69 Å². The molecule has 2 heterocycles. The van der Waals surface area contributed by atoms with Crippen molar-refractivity contribution >= 4 is 17.5 Å². The number of alkyl halides is 3. The van der Waals surface area contributed by atoms with Crippen molar-refractivity contribution in [2.75, 3.05) is 7.05 Å². The maximum atomic E-state index is 12.9. The predicted molar refractivity (Wildman–Crippen MR) is 86.1 cm³/mol. The normalized spacial score (nSPS) is 13.1. The molecule has 0 fully saturated rings. The molecular formula is C15H19ClF3N5O. The summed E-state index contributed by atoms with van der Waals surface area (Å²) < 4.78 is 41.5. The van der Waals surface area contributed by atoms with E-state index in [2.05, 4.69) is 10.2 Å². The fraction of sp³-hybridized carbons (Fsp3) is 0.533. The van der Waals surface area contributed by atoms with E-state index in [1.807, 2.05) is 13.1 Å². The van der Waals surface area contributed by atoms with Gasteiger partial charge < -0.3 is 4.90 Å². The number of nitrogens with zero attached hydrogens (tertiary/aromatic N) is 5. The van der Waals surface area contributed by atoms with Gasteiger partial charge in [-0.3, -0.25) is 14.2 Å². The molecule has 0 aliphatic rings. The van der Waals surface area contributed by atoms with Gasteiger partial charge in [0, 0.05) is 31.9 Å². The number of carbonyl (C=O) groups excluding carboxylic acids is 1. The van der Waals surface area contributed by atoms with E-state index in [-0.39, 0.29) is 11.6 Å². The highest BCUT2D eigenvalue weighted by Crippen LogP contribution is 2.36. The van der Waals surface area contributed by atoms with Crippen LogP contribution in [0.5, 0.6) is 0 Å². The molecule has 0 saturated heterocycles. The molecule has 0 saturated carbocycles. The van der Waals surface area contributed by atoms with Gasteiger partial charge in [0.25, 0.3) is 0 Å². The van der Waals surface area contributed by atoms with Crippen LogP contribution in [-0.4, -0.2) is 37.4 Å². The van der Waals surface area contributed by atoms with E-state index in [1.165, 1.54) is 18.7 Å². The molecule has 1 atom stereocenters. The Bertz CT molecular complexity index is 768. The van der Waals surface area contributed by atoms with Crippen molar-refractivity contribution in [1.82, 2.24) is 24.5 Å². The van der Waals surface area contributed by atoms with Gasteiger partial charge in [-0.2, -0.15) is 23.4 Å². The molecule has 2 rings (SSSR count). The SMILES string of the molecule is CCn1cc(CN(C)C(=O)[C@@H](C)n2nc(C(F)(F)F)c(Cl)c2C)cn1. The molecule has 0 aliphatic carbocycles. The Kier molecular flexibility index (Phi) is 5.46. The molecule has 6 nitrogen and oxygen atoms in total. The Morgan fingerprint density at radius 2 is 2.08 bits per heavy atom. The van der Waals surface area contributed by atoms with Crippen LogP contribution in [0.3, 0.4) is 0 Å². The summed E-state index contributed by atoms with van der Waals surface area (Å²) in [4.78, 5) is 14.0. The largest absolute Gasteiger partial charge is 0.436 e. The molecular weight excluding hydrogens is 359 g/mol. The zero-order valence-corrected chi connectivity index (χ0v) is 15.1. The maximum absolute atomic E-state index is 12.9. The number of hydrogen-bond donors (Lipinski definition) is 0. The van der Waals surface area contributed by atoms with Crippen LogP contribution in [0, 0.1) is 6.92 Å². The monoisotopic (exact) mass is 377 g/mol. The summed E-state index contributed by atoms with van der Waals surface area (Å²) >= 11 is 5.74. The van der Waals surface area contributed by atoms with E-state index in [9.17, 15) is 18.0 Å². The van der Waals surface area contributed by atoms with Crippen molar-refractivity contribution in [1.29, 1.82) is 0 Å². The van der Waals surface area contributed by atoms with Crippen LogP contribution < -0.4 is 0 Å². The Hall–Kier alpha value is -2.03. The molecule has 0 aromatic carbocycles. The van der Waals surface area contributed by atoms with Crippen molar-refractivity contribution in [3.8, 4) is 0 Å². The maximum Gasteiger partial charge on any atom is 0.436 e. The summed E-state index contributed by atoms with van der Waals surface area (Å²) in [5.41, 5.74) is -0.253. The molecule has 0 spiro atoms. The smallest absolute Gasteiger partial charge is 0.339 e. The van der Waals surface area contributed by atoms with Crippen LogP contribution in [0.15, 0.2) is 12.4 Å². The number of likely N-dealkylation sites (N-methyl/N-ethyl adjacent to an activating group) is 1. The Morgan fingerprint density at radius 1 is 1.44 bits per heavy atom. The van der Waals surface area contributed by atoms with E-state index in [1.54, 1.807) is 17.9 Å². The number of aryl methyl sites for hydroxylation is 1. The predicted octanol–water partition coefficient (Wildman–Crippen LogP) is 3.30. The summed E-state index contributed by atoms with van der Waals surface area (Å²) in [6.07, 6.45) is -1.21. The molecule has 10 heteroatoms. The molecule has 0 unspecified atom stereocenters. The van der Waals surface area contributed by atoms with Crippen LogP contribution in [0.1, 0.15) is 36.8 Å². The van der Waals surface area contributed by atoms with E-state index >= 15 is 0 Å². The van der Waals surface area contributed by atoms with Gasteiger partial charge in [-0.25, -0.2) is 0 Å². The molecule has 0 N–H and O–H groups in total. The summed E-state index contributed by atoms with van der Waals surface area (Å²) in [7, 11) is 1.58. The number of rotatable bonds is 5. The van der Waals surface area contributed by atoms with Gasteiger partial charge in [-0.15, -0.1) is 0 Å². The zero-order chi connectivity index (χ0) is 18.9. The minimum atomic E-state index is -4.67. The van der Waals surface area contributed by atoms with Crippen molar-refractivity contribution in [2.45, 2.75) is 46.1 Å². The highest BCUT2D eigenvalue weighted by molar-refractivity contribution is 6.32. The summed E-state index contributed by atoms with van der Waals surface area (Å²) in [6.45, 7) is 5.84. The third-order valence-corrected chi connectivity index (χ3v) is 4.33. The van der Waals surface area contributed by atoms with Gasteiger partial charge in [0.2, 0.25) is 5.91 Å². The van der Waals surface area contributed by atoms with Crippen molar-refractivity contribution in [2.24, 2.45) is 0 Å². The van der Waals surface area contributed by atoms with Gasteiger partial charge >= 0.3 is 6.18 Å². The first-order chi connectivity index (χ1) is 11.6. The van der Waals surface area contributed by atoms with Crippen LogP contribution in [0.4, 0.5) is 13.2 Å². The first kappa shape index (κ1) is 19.3. The highest BCUT2D eigenvalue weighted by Gasteiger charge is 2.39. The number of amides is 1. The lowest BCUT2D eigenvalue weighted by Gasteiger charge is -2.22. The lowest BCUT2D eigenvalue weighted by molar-refractivity contribution is -0.142. The molecule has 1 amide bonds. The van der Waals surface area contributed by atoms with E-state index in [0.717, 1.165) is 10.2 Å². The number of hydrogen-bond acceptors (Lipinski definition) is 3. The van der Waals surface area contributed by atoms with E-state index in [0.29, 0.717) is 13.1 Å². The lowest BCUT2D eigenvalue weighted by Crippen LogP contribution is -2.33. The average Bonchev–Trinajstić information content (AvgIpc) is 3.11. The number of halogens is 4. The molecule has 0 aliphatic heterocycles. The topological polar surface area (TPSA) is 56.0 Å². The molecule has 2 aromatic rings. The van der Waals surface area contributed by atoms with Crippen molar-refractivity contribution in [3.63, 3.8) is 0 Å². The number of carbonyl (C=O) groups is 1. The van der Waals surface area contributed by atoms with Crippen LogP contribution >= 0.6 is 11.6 Å². The fourth-order valence-corrected chi connectivity index (χ4v) is 2.72. The van der Waals surface area contributed by atoms with Gasteiger partial charge in [-0.05, 0) is 20.8 Å². The highest BCUT2D eigenvalue weighted by atomic mass is 35.5. The van der Waals surface area contributed by atoms with Crippen LogP contribution in [0.25, 0.3) is 0 Å². The second-order valence-corrected chi connectivity index (χ2v) is 6.14. The third kappa shape index (κ3) is 3.97. The lowest BCUT2D eigenvalue weighted by atomic mass is 10.2.